The lowest BCUT2D eigenvalue weighted by molar-refractivity contribution is -0.145. The number of aliphatic hydroxyl groups excluding tert-OH is 1. The minimum Gasteiger partial charge on any atom is -0.481 e. The van der Waals surface area contributed by atoms with Gasteiger partial charge in [0.05, 0.1) is 18.9 Å². The number of nitrogens with two attached hydrogens (primary N) is 2. The van der Waals surface area contributed by atoms with Crippen molar-refractivity contribution in [3.63, 3.8) is 0 Å². The summed E-state index contributed by atoms with van der Waals surface area (Å²) in [6.45, 7) is 7.64. The van der Waals surface area contributed by atoms with E-state index in [1.807, 2.05) is 38.1 Å². The Bertz CT molecular complexity index is 864. The zero-order valence-corrected chi connectivity index (χ0v) is 24.5. The van der Waals surface area contributed by atoms with Gasteiger partial charge in [-0.05, 0) is 50.7 Å². The van der Waals surface area contributed by atoms with E-state index in [9.17, 15) is 9.59 Å². The third kappa shape index (κ3) is 17.8. The second kappa shape index (κ2) is 21.9. The number of aryl methyl sites for hydroxylation is 2. The van der Waals surface area contributed by atoms with Crippen molar-refractivity contribution in [1.29, 1.82) is 0 Å². The zero-order chi connectivity index (χ0) is 27.0. The lowest BCUT2D eigenvalue weighted by atomic mass is 9.96. The number of carboxylic acids is 1. The number of hydrogen-bond donors (Lipinski definition) is 4. The minimum absolute atomic E-state index is 0. The van der Waals surface area contributed by atoms with Gasteiger partial charge in [0, 0.05) is 19.2 Å². The van der Waals surface area contributed by atoms with Gasteiger partial charge in [-0.3, -0.25) is 9.59 Å². The Morgan fingerprint density at radius 1 is 0.757 bits per heavy atom. The van der Waals surface area contributed by atoms with E-state index < -0.39 is 5.97 Å². The third-order valence-electron chi connectivity index (χ3n) is 5.57. The van der Waals surface area contributed by atoms with Crippen LogP contribution in [0.3, 0.4) is 0 Å². The molecule has 7 nitrogen and oxygen atoms in total. The van der Waals surface area contributed by atoms with Crippen molar-refractivity contribution < 1.29 is 24.5 Å². The van der Waals surface area contributed by atoms with Crippen LogP contribution in [0.15, 0.2) is 48.5 Å². The van der Waals surface area contributed by atoms with Gasteiger partial charge in [0.2, 0.25) is 0 Å². The zero-order valence-electron chi connectivity index (χ0n) is 22.8. The lowest BCUT2D eigenvalue weighted by Gasteiger charge is -2.15. The summed E-state index contributed by atoms with van der Waals surface area (Å²) in [5.74, 6) is -1.48. The summed E-state index contributed by atoms with van der Waals surface area (Å²) >= 11 is 0. The number of carbonyl (C=O) groups excluding carboxylic acids is 1. The highest BCUT2D eigenvalue weighted by molar-refractivity contribution is 5.85. The molecule has 0 amide bonds. The Hall–Kier alpha value is -2.16. The number of carbonyl (C=O) groups is 2. The van der Waals surface area contributed by atoms with E-state index in [4.69, 9.17) is 21.7 Å². The number of rotatable bonds is 10. The summed E-state index contributed by atoms with van der Waals surface area (Å²) in [6.07, 6.45) is 2.70. The van der Waals surface area contributed by atoms with E-state index in [1.54, 1.807) is 6.92 Å². The van der Waals surface area contributed by atoms with Crippen LogP contribution >= 0.6 is 24.8 Å². The fourth-order valence-corrected chi connectivity index (χ4v) is 3.53. The number of methoxy groups -OCH3 is 1. The molecule has 0 radical (unpaired) electrons. The van der Waals surface area contributed by atoms with E-state index in [1.165, 1.54) is 23.8 Å². The van der Waals surface area contributed by atoms with Crippen LogP contribution in [0.25, 0.3) is 0 Å². The Kier molecular flexibility index (Phi) is 23.3. The molecule has 2 rings (SSSR count). The number of carboxylic acid groups (broad SMARTS) is 1. The predicted octanol–water partition coefficient (Wildman–Crippen LogP) is 4.49. The number of halogens is 2. The van der Waals surface area contributed by atoms with Crippen LogP contribution < -0.4 is 11.5 Å². The first-order chi connectivity index (χ1) is 16.5. The van der Waals surface area contributed by atoms with Crippen molar-refractivity contribution >= 4 is 36.8 Å². The van der Waals surface area contributed by atoms with Crippen molar-refractivity contribution in [2.45, 2.75) is 65.5 Å². The Morgan fingerprint density at radius 3 is 1.38 bits per heavy atom. The summed E-state index contributed by atoms with van der Waals surface area (Å²) in [5, 5.41) is 15.8. The highest BCUT2D eigenvalue weighted by Gasteiger charge is 2.17. The van der Waals surface area contributed by atoms with Gasteiger partial charge in [-0.15, -0.1) is 24.8 Å². The van der Waals surface area contributed by atoms with E-state index in [-0.39, 0.29) is 54.7 Å². The molecule has 4 atom stereocenters. The highest BCUT2D eigenvalue weighted by atomic mass is 35.5. The van der Waals surface area contributed by atoms with Gasteiger partial charge in [0.1, 0.15) is 0 Å². The van der Waals surface area contributed by atoms with Gasteiger partial charge in [0.15, 0.2) is 0 Å². The number of esters is 1. The van der Waals surface area contributed by atoms with Crippen LogP contribution in [-0.2, 0) is 27.2 Å². The number of ether oxygens (including phenoxy) is 1. The smallest absolute Gasteiger partial charge is 0.308 e. The topological polar surface area (TPSA) is 136 Å². The molecule has 6 N–H and O–H groups in total. The normalized spacial score (nSPS) is 12.9. The first-order valence-corrected chi connectivity index (χ1v) is 11.9. The van der Waals surface area contributed by atoms with Crippen LogP contribution in [-0.4, -0.2) is 48.5 Å². The monoisotopic (exact) mass is 560 g/mol. The van der Waals surface area contributed by atoms with Gasteiger partial charge in [-0.1, -0.05) is 73.5 Å². The maximum absolute atomic E-state index is 11.3. The van der Waals surface area contributed by atoms with Crippen molar-refractivity contribution in [1.82, 2.24) is 0 Å². The summed E-state index contributed by atoms with van der Waals surface area (Å²) in [5.41, 5.74) is 16.8. The van der Waals surface area contributed by atoms with Crippen molar-refractivity contribution in [2.24, 2.45) is 23.3 Å². The Labute approximate surface area is 234 Å². The maximum Gasteiger partial charge on any atom is 0.308 e. The second-order valence-electron chi connectivity index (χ2n) is 9.03. The van der Waals surface area contributed by atoms with Crippen LogP contribution in [0.1, 0.15) is 48.9 Å². The van der Waals surface area contributed by atoms with Crippen LogP contribution in [0.2, 0.25) is 0 Å². The Morgan fingerprint density at radius 2 is 1.08 bits per heavy atom. The van der Waals surface area contributed by atoms with E-state index in [2.05, 4.69) is 35.9 Å². The van der Waals surface area contributed by atoms with Crippen LogP contribution in [0, 0.1) is 25.7 Å². The van der Waals surface area contributed by atoms with Gasteiger partial charge in [-0.2, -0.15) is 0 Å². The molecule has 0 bridgehead atoms. The first kappa shape index (κ1) is 39.4. The SMILES string of the molecule is CO.COC(=O)[C@@H](C)C[C@@H](N)Cc1ccc(C)cc1.Cc1ccc(C[C@H](N)C[C@H](C)C(=O)O)cc1.Cl.Cl. The molecule has 37 heavy (non-hydrogen) atoms. The standard InChI is InChI=1S/C14H21NO2.C13H19NO2.CH4O.2ClH/c1-10-4-6-12(7-5-10)9-13(15)8-11(2)14(16)17-3;1-9-3-5-11(6-4-9)8-12(14)7-10(2)13(15)16;1-2;;/h4-7,11,13H,8-9,15H2,1-3H3;3-6,10,12H,7-8,14H2,1-2H3,(H,15,16);2H,1H3;2*1H/t11-,13+;10-,12+;;;/m00.../s1. The molecule has 0 heterocycles. The Balaban J connectivity index is -0.000000558. The molecule has 0 spiro atoms. The molecule has 0 fully saturated rings. The number of hydrogen-bond acceptors (Lipinski definition) is 6. The molecular formula is C28H46Cl2N2O5. The fraction of sp³-hybridized carbons (Fsp3) is 0.500. The lowest BCUT2D eigenvalue weighted by Crippen LogP contribution is -2.28. The van der Waals surface area contributed by atoms with Gasteiger partial charge < -0.3 is 26.4 Å². The van der Waals surface area contributed by atoms with Gasteiger partial charge >= 0.3 is 11.9 Å². The second-order valence-corrected chi connectivity index (χ2v) is 9.03. The van der Waals surface area contributed by atoms with E-state index in [0.29, 0.717) is 12.8 Å². The molecule has 0 aliphatic heterocycles. The molecule has 0 aliphatic rings. The average molecular weight is 562 g/mol. The molecule has 0 aromatic heterocycles. The van der Waals surface area contributed by atoms with E-state index >= 15 is 0 Å². The van der Waals surface area contributed by atoms with E-state index in [0.717, 1.165) is 25.5 Å². The van der Waals surface area contributed by atoms with Crippen LogP contribution in [0.5, 0.6) is 0 Å². The molecule has 9 heteroatoms. The molecule has 0 aliphatic carbocycles. The predicted molar refractivity (Wildman–Crippen MR) is 156 cm³/mol. The van der Waals surface area contributed by atoms with Crippen molar-refractivity contribution in [2.75, 3.05) is 14.2 Å². The molecule has 0 saturated carbocycles. The van der Waals surface area contributed by atoms with Gasteiger partial charge in [-0.25, -0.2) is 0 Å². The minimum atomic E-state index is -0.778. The number of aliphatic carboxylic acids is 1. The number of benzene rings is 2. The number of aliphatic hydroxyl groups is 1. The fourth-order valence-electron chi connectivity index (χ4n) is 3.53. The van der Waals surface area contributed by atoms with Gasteiger partial charge in [0.25, 0.3) is 0 Å². The molecule has 212 valence electrons. The quantitative estimate of drug-likeness (QED) is 0.314. The third-order valence-corrected chi connectivity index (χ3v) is 5.57. The van der Waals surface area contributed by atoms with Crippen LogP contribution in [0.4, 0.5) is 0 Å². The molecule has 0 saturated heterocycles. The van der Waals surface area contributed by atoms with Crippen molar-refractivity contribution in [3.8, 4) is 0 Å². The summed E-state index contributed by atoms with van der Waals surface area (Å²) in [6, 6.07) is 16.4. The average Bonchev–Trinajstić information content (AvgIpc) is 2.83. The maximum atomic E-state index is 11.3. The highest BCUT2D eigenvalue weighted by Crippen LogP contribution is 2.13. The van der Waals surface area contributed by atoms with Crippen molar-refractivity contribution in [3.05, 3.63) is 70.8 Å². The molecule has 2 aromatic rings. The summed E-state index contributed by atoms with van der Waals surface area (Å²) in [7, 11) is 2.41. The molecule has 0 unspecified atom stereocenters. The summed E-state index contributed by atoms with van der Waals surface area (Å²) < 4.78 is 4.68. The summed E-state index contributed by atoms with van der Waals surface area (Å²) in [4.78, 5) is 21.9. The molecular weight excluding hydrogens is 515 g/mol. The first-order valence-electron chi connectivity index (χ1n) is 11.9. The molecule has 2 aromatic carbocycles. The largest absolute Gasteiger partial charge is 0.481 e.